The maximum absolute atomic E-state index is 12.0. The molecule has 96 valence electrons. The SMILES string of the molecule is CC1CC(C(=O)NCCC2=CCCC2)CCN1. The molecular formula is C14H24N2O. The molecule has 1 aliphatic carbocycles. The minimum absolute atomic E-state index is 0.226. The molecule has 2 N–H and O–H groups in total. The van der Waals surface area contributed by atoms with E-state index in [9.17, 15) is 4.79 Å². The molecule has 0 radical (unpaired) electrons. The molecule has 2 rings (SSSR count). The molecule has 0 saturated carbocycles. The lowest BCUT2D eigenvalue weighted by atomic mass is 9.92. The van der Waals surface area contributed by atoms with Crippen LogP contribution < -0.4 is 10.6 Å². The van der Waals surface area contributed by atoms with Crippen LogP contribution in [0.3, 0.4) is 0 Å². The van der Waals surface area contributed by atoms with E-state index in [2.05, 4.69) is 23.6 Å². The number of piperidine rings is 1. The normalized spacial score (nSPS) is 28.9. The van der Waals surface area contributed by atoms with Gasteiger partial charge >= 0.3 is 0 Å². The lowest BCUT2D eigenvalue weighted by molar-refractivity contribution is -0.126. The predicted molar refractivity (Wildman–Crippen MR) is 69.7 cm³/mol. The summed E-state index contributed by atoms with van der Waals surface area (Å²) in [7, 11) is 0. The minimum Gasteiger partial charge on any atom is -0.356 e. The Kier molecular flexibility index (Phi) is 4.60. The van der Waals surface area contributed by atoms with Gasteiger partial charge in [0.2, 0.25) is 5.91 Å². The second kappa shape index (κ2) is 6.20. The molecule has 2 atom stereocenters. The summed E-state index contributed by atoms with van der Waals surface area (Å²) in [6.45, 7) is 3.95. The fraction of sp³-hybridized carbons (Fsp3) is 0.786. The van der Waals surface area contributed by atoms with Gasteiger partial charge in [0.15, 0.2) is 0 Å². The number of nitrogens with one attached hydrogen (secondary N) is 2. The molecule has 1 heterocycles. The van der Waals surface area contributed by atoms with E-state index in [1.807, 2.05) is 0 Å². The average Bonchev–Trinajstić information content (AvgIpc) is 2.82. The van der Waals surface area contributed by atoms with Crippen molar-refractivity contribution in [2.24, 2.45) is 5.92 Å². The van der Waals surface area contributed by atoms with E-state index in [1.54, 1.807) is 0 Å². The highest BCUT2D eigenvalue weighted by Gasteiger charge is 2.24. The molecule has 2 unspecified atom stereocenters. The molecule has 3 heteroatoms. The monoisotopic (exact) mass is 236 g/mol. The lowest BCUT2D eigenvalue weighted by Crippen LogP contribution is -2.42. The van der Waals surface area contributed by atoms with Crippen LogP contribution in [0.25, 0.3) is 0 Å². The molecule has 0 aromatic rings. The number of hydrogen-bond acceptors (Lipinski definition) is 2. The van der Waals surface area contributed by atoms with Crippen molar-refractivity contribution in [2.45, 2.75) is 51.5 Å². The van der Waals surface area contributed by atoms with E-state index in [0.29, 0.717) is 6.04 Å². The highest BCUT2D eigenvalue weighted by Crippen LogP contribution is 2.20. The average molecular weight is 236 g/mol. The van der Waals surface area contributed by atoms with Crippen LogP contribution in [0, 0.1) is 5.92 Å². The van der Waals surface area contributed by atoms with Crippen molar-refractivity contribution in [1.29, 1.82) is 0 Å². The molecule has 1 fully saturated rings. The summed E-state index contributed by atoms with van der Waals surface area (Å²) in [6, 6.07) is 0.483. The fourth-order valence-electron chi connectivity index (χ4n) is 2.83. The van der Waals surface area contributed by atoms with Crippen LogP contribution in [0.4, 0.5) is 0 Å². The zero-order valence-electron chi connectivity index (χ0n) is 10.8. The van der Waals surface area contributed by atoms with Crippen molar-refractivity contribution < 1.29 is 4.79 Å². The maximum atomic E-state index is 12.0. The fourth-order valence-corrected chi connectivity index (χ4v) is 2.83. The zero-order chi connectivity index (χ0) is 12.1. The van der Waals surface area contributed by atoms with Crippen LogP contribution in [-0.2, 0) is 4.79 Å². The van der Waals surface area contributed by atoms with Gasteiger partial charge in [-0.25, -0.2) is 0 Å². The quantitative estimate of drug-likeness (QED) is 0.733. The van der Waals surface area contributed by atoms with Crippen molar-refractivity contribution in [2.75, 3.05) is 13.1 Å². The van der Waals surface area contributed by atoms with Gasteiger partial charge in [-0.2, -0.15) is 0 Å². The van der Waals surface area contributed by atoms with Gasteiger partial charge in [-0.3, -0.25) is 4.79 Å². The van der Waals surface area contributed by atoms with Gasteiger partial charge in [0, 0.05) is 18.5 Å². The van der Waals surface area contributed by atoms with E-state index in [1.165, 1.54) is 24.8 Å². The Balaban J connectivity index is 1.66. The molecule has 0 aromatic carbocycles. The third-order valence-electron chi connectivity index (χ3n) is 3.87. The summed E-state index contributed by atoms with van der Waals surface area (Å²) in [5.41, 5.74) is 1.53. The van der Waals surface area contributed by atoms with Gasteiger partial charge in [-0.05, 0) is 52.0 Å². The maximum Gasteiger partial charge on any atom is 0.223 e. The first-order chi connectivity index (χ1) is 8.25. The standard InChI is InChI=1S/C14H24N2O/c1-11-10-13(7-9-15-11)14(17)16-8-6-12-4-2-3-5-12/h4,11,13,15H,2-3,5-10H2,1H3,(H,16,17). The van der Waals surface area contributed by atoms with Crippen molar-refractivity contribution >= 4 is 5.91 Å². The number of carbonyl (C=O) groups excluding carboxylic acids is 1. The molecule has 2 aliphatic rings. The van der Waals surface area contributed by atoms with Gasteiger partial charge in [-0.1, -0.05) is 11.6 Å². The third kappa shape index (κ3) is 3.84. The zero-order valence-corrected chi connectivity index (χ0v) is 10.8. The van der Waals surface area contributed by atoms with Gasteiger partial charge in [0.1, 0.15) is 0 Å². The molecular weight excluding hydrogens is 212 g/mol. The van der Waals surface area contributed by atoms with Crippen molar-refractivity contribution in [3.63, 3.8) is 0 Å². The number of rotatable bonds is 4. The number of allylic oxidation sites excluding steroid dienone is 1. The van der Waals surface area contributed by atoms with Crippen LogP contribution in [0.15, 0.2) is 11.6 Å². The van der Waals surface area contributed by atoms with E-state index >= 15 is 0 Å². The molecule has 1 aliphatic heterocycles. The highest BCUT2D eigenvalue weighted by atomic mass is 16.1. The number of amides is 1. The van der Waals surface area contributed by atoms with Crippen molar-refractivity contribution in [1.82, 2.24) is 10.6 Å². The largest absolute Gasteiger partial charge is 0.356 e. The summed E-state index contributed by atoms with van der Waals surface area (Å²) in [6.07, 6.45) is 9.11. The first kappa shape index (κ1) is 12.6. The Bertz CT molecular complexity index is 299. The summed E-state index contributed by atoms with van der Waals surface area (Å²) in [4.78, 5) is 12.0. The summed E-state index contributed by atoms with van der Waals surface area (Å²) in [5, 5.41) is 6.47. The molecule has 3 nitrogen and oxygen atoms in total. The molecule has 0 bridgehead atoms. The smallest absolute Gasteiger partial charge is 0.223 e. The third-order valence-corrected chi connectivity index (χ3v) is 3.87. The van der Waals surface area contributed by atoms with Crippen LogP contribution in [-0.4, -0.2) is 25.0 Å². The van der Waals surface area contributed by atoms with E-state index in [-0.39, 0.29) is 11.8 Å². The van der Waals surface area contributed by atoms with Crippen LogP contribution in [0.5, 0.6) is 0 Å². The van der Waals surface area contributed by atoms with E-state index in [0.717, 1.165) is 32.4 Å². The minimum atomic E-state index is 0.226. The first-order valence-corrected chi connectivity index (χ1v) is 6.94. The summed E-state index contributed by atoms with van der Waals surface area (Å²) in [5.74, 6) is 0.487. The highest BCUT2D eigenvalue weighted by molar-refractivity contribution is 5.78. The Morgan fingerprint density at radius 1 is 1.59 bits per heavy atom. The Hall–Kier alpha value is -0.830. The Labute approximate surface area is 104 Å². The molecule has 17 heavy (non-hydrogen) atoms. The van der Waals surface area contributed by atoms with Gasteiger partial charge in [0.05, 0.1) is 0 Å². The number of hydrogen-bond donors (Lipinski definition) is 2. The van der Waals surface area contributed by atoms with Crippen LogP contribution >= 0.6 is 0 Å². The van der Waals surface area contributed by atoms with Gasteiger partial charge in [-0.15, -0.1) is 0 Å². The lowest BCUT2D eigenvalue weighted by Gasteiger charge is -2.27. The molecule has 0 aromatic heterocycles. The molecule has 1 amide bonds. The first-order valence-electron chi connectivity index (χ1n) is 6.94. The Morgan fingerprint density at radius 2 is 2.47 bits per heavy atom. The van der Waals surface area contributed by atoms with E-state index < -0.39 is 0 Å². The molecule has 1 saturated heterocycles. The summed E-state index contributed by atoms with van der Waals surface area (Å²) < 4.78 is 0. The Morgan fingerprint density at radius 3 is 3.18 bits per heavy atom. The topological polar surface area (TPSA) is 41.1 Å². The number of carbonyl (C=O) groups is 1. The van der Waals surface area contributed by atoms with Crippen LogP contribution in [0.1, 0.15) is 45.4 Å². The van der Waals surface area contributed by atoms with E-state index in [4.69, 9.17) is 0 Å². The second-order valence-electron chi connectivity index (χ2n) is 5.37. The molecule has 0 spiro atoms. The van der Waals surface area contributed by atoms with Crippen molar-refractivity contribution in [3.05, 3.63) is 11.6 Å². The summed E-state index contributed by atoms with van der Waals surface area (Å²) >= 11 is 0. The van der Waals surface area contributed by atoms with Gasteiger partial charge in [0.25, 0.3) is 0 Å². The predicted octanol–water partition coefficient (Wildman–Crippen LogP) is 1.99. The van der Waals surface area contributed by atoms with Crippen molar-refractivity contribution in [3.8, 4) is 0 Å². The van der Waals surface area contributed by atoms with Gasteiger partial charge < -0.3 is 10.6 Å². The second-order valence-corrected chi connectivity index (χ2v) is 5.37. The van der Waals surface area contributed by atoms with Crippen LogP contribution in [0.2, 0.25) is 0 Å².